The lowest BCUT2D eigenvalue weighted by Gasteiger charge is -1.98. The van der Waals surface area contributed by atoms with Gasteiger partial charge < -0.3 is 4.42 Å². The highest BCUT2D eigenvalue weighted by Gasteiger charge is 2.15. The van der Waals surface area contributed by atoms with E-state index >= 15 is 0 Å². The molecule has 0 spiro atoms. The molecule has 0 aliphatic heterocycles. The smallest absolute Gasteiger partial charge is 0.301 e. The van der Waals surface area contributed by atoms with Gasteiger partial charge in [0.1, 0.15) is 5.76 Å². The number of hydrogen-bond acceptors (Lipinski definition) is 4. The molecule has 0 aliphatic rings. The van der Waals surface area contributed by atoms with Gasteiger partial charge in [-0.3, -0.25) is 14.9 Å². The van der Waals surface area contributed by atoms with E-state index in [1.165, 1.54) is 0 Å². The summed E-state index contributed by atoms with van der Waals surface area (Å²) in [6, 6.07) is 1.77. The standard InChI is InChI=1S/C11H13ClN4O2/c1-6-3-8(18-10(6)11(17)14-13)4-16-5-9(12)7(2)15-16/h3,5H,4,13H2,1-2H3,(H,14,17). The number of halogens is 1. The molecular weight excluding hydrogens is 256 g/mol. The van der Waals surface area contributed by atoms with Gasteiger partial charge in [0.2, 0.25) is 0 Å². The zero-order chi connectivity index (χ0) is 13.3. The molecule has 0 radical (unpaired) electrons. The second kappa shape index (κ2) is 4.83. The molecule has 0 fully saturated rings. The SMILES string of the molecule is Cc1cc(Cn2cc(Cl)c(C)n2)oc1C(=O)NN. The Morgan fingerprint density at radius 3 is 2.89 bits per heavy atom. The van der Waals surface area contributed by atoms with E-state index in [-0.39, 0.29) is 5.76 Å². The summed E-state index contributed by atoms with van der Waals surface area (Å²) in [4.78, 5) is 11.4. The first-order valence-electron chi connectivity index (χ1n) is 5.31. The number of nitrogens with zero attached hydrogens (tertiary/aromatic N) is 2. The Morgan fingerprint density at radius 1 is 1.61 bits per heavy atom. The molecule has 2 aromatic rings. The van der Waals surface area contributed by atoms with E-state index in [0.29, 0.717) is 17.3 Å². The molecule has 2 heterocycles. The van der Waals surface area contributed by atoms with Crippen LogP contribution >= 0.6 is 11.6 Å². The van der Waals surface area contributed by atoms with Gasteiger partial charge in [-0.2, -0.15) is 5.10 Å². The van der Waals surface area contributed by atoms with Crippen LogP contribution in [0.4, 0.5) is 0 Å². The van der Waals surface area contributed by atoms with E-state index in [0.717, 1.165) is 11.3 Å². The van der Waals surface area contributed by atoms with Crippen LogP contribution < -0.4 is 11.3 Å². The van der Waals surface area contributed by atoms with Crippen molar-refractivity contribution >= 4 is 17.5 Å². The van der Waals surface area contributed by atoms with Crippen LogP contribution in [-0.4, -0.2) is 15.7 Å². The number of nitrogens with two attached hydrogens (primary N) is 1. The molecule has 0 saturated carbocycles. The average Bonchev–Trinajstić information content (AvgIpc) is 2.82. The fourth-order valence-electron chi connectivity index (χ4n) is 1.65. The fraction of sp³-hybridized carbons (Fsp3) is 0.273. The van der Waals surface area contributed by atoms with E-state index < -0.39 is 5.91 Å². The molecule has 0 unspecified atom stereocenters. The van der Waals surface area contributed by atoms with Crippen molar-refractivity contribution in [2.24, 2.45) is 5.84 Å². The van der Waals surface area contributed by atoms with Gasteiger partial charge in [-0.1, -0.05) is 11.6 Å². The third kappa shape index (κ3) is 2.39. The normalized spacial score (nSPS) is 10.7. The molecule has 0 atom stereocenters. The Morgan fingerprint density at radius 2 is 2.33 bits per heavy atom. The number of nitrogens with one attached hydrogen (secondary N) is 1. The number of carbonyl (C=O) groups excluding carboxylic acids is 1. The molecule has 0 aliphatic carbocycles. The lowest BCUT2D eigenvalue weighted by Crippen LogP contribution is -2.30. The molecule has 0 bridgehead atoms. The second-order valence-corrected chi connectivity index (χ2v) is 4.37. The summed E-state index contributed by atoms with van der Waals surface area (Å²) in [5.41, 5.74) is 3.51. The zero-order valence-electron chi connectivity index (χ0n) is 10.0. The lowest BCUT2D eigenvalue weighted by atomic mass is 10.2. The van der Waals surface area contributed by atoms with Crippen LogP contribution in [0.5, 0.6) is 0 Å². The van der Waals surface area contributed by atoms with Gasteiger partial charge in [0.15, 0.2) is 5.76 Å². The summed E-state index contributed by atoms with van der Waals surface area (Å²) in [6.07, 6.45) is 1.71. The maximum atomic E-state index is 11.4. The van der Waals surface area contributed by atoms with Gasteiger partial charge in [0, 0.05) is 11.8 Å². The topological polar surface area (TPSA) is 86.1 Å². The number of hydrazine groups is 1. The van der Waals surface area contributed by atoms with Crippen molar-refractivity contribution in [1.29, 1.82) is 0 Å². The van der Waals surface area contributed by atoms with Crippen LogP contribution in [-0.2, 0) is 6.54 Å². The highest BCUT2D eigenvalue weighted by molar-refractivity contribution is 6.31. The summed E-state index contributed by atoms with van der Waals surface area (Å²) in [5.74, 6) is 5.44. The summed E-state index contributed by atoms with van der Waals surface area (Å²) in [5, 5.41) is 4.80. The lowest BCUT2D eigenvalue weighted by molar-refractivity contribution is 0.0923. The zero-order valence-corrected chi connectivity index (χ0v) is 10.8. The number of amides is 1. The van der Waals surface area contributed by atoms with Crippen molar-refractivity contribution in [1.82, 2.24) is 15.2 Å². The molecule has 1 amide bonds. The number of hydrogen-bond donors (Lipinski definition) is 2. The Balaban J connectivity index is 2.22. The maximum absolute atomic E-state index is 11.4. The quantitative estimate of drug-likeness (QED) is 0.500. The monoisotopic (exact) mass is 268 g/mol. The molecule has 96 valence electrons. The minimum atomic E-state index is -0.451. The Bertz CT molecular complexity index is 568. The van der Waals surface area contributed by atoms with Gasteiger partial charge in [0.05, 0.1) is 17.3 Å². The van der Waals surface area contributed by atoms with Crippen molar-refractivity contribution in [2.75, 3.05) is 0 Å². The molecule has 18 heavy (non-hydrogen) atoms. The Hall–Kier alpha value is -1.79. The van der Waals surface area contributed by atoms with Crippen molar-refractivity contribution in [3.05, 3.63) is 40.1 Å². The maximum Gasteiger partial charge on any atom is 0.301 e. The van der Waals surface area contributed by atoms with Crippen LogP contribution in [0.3, 0.4) is 0 Å². The van der Waals surface area contributed by atoms with Crippen LogP contribution in [0, 0.1) is 13.8 Å². The van der Waals surface area contributed by atoms with Crippen LogP contribution in [0.2, 0.25) is 5.02 Å². The van der Waals surface area contributed by atoms with Crippen molar-refractivity contribution in [3.63, 3.8) is 0 Å². The van der Waals surface area contributed by atoms with E-state index in [1.807, 2.05) is 12.3 Å². The van der Waals surface area contributed by atoms with Gasteiger partial charge in [-0.05, 0) is 19.9 Å². The number of aromatic nitrogens is 2. The first kappa shape index (κ1) is 12.7. The highest BCUT2D eigenvalue weighted by Crippen LogP contribution is 2.17. The number of nitrogen functional groups attached to an aromatic ring is 1. The molecule has 2 aromatic heterocycles. The van der Waals surface area contributed by atoms with Gasteiger partial charge in [-0.15, -0.1) is 0 Å². The Labute approximate surface area is 109 Å². The van der Waals surface area contributed by atoms with Crippen LogP contribution in [0.1, 0.15) is 27.6 Å². The molecular formula is C11H13ClN4O2. The van der Waals surface area contributed by atoms with E-state index in [4.69, 9.17) is 21.9 Å². The highest BCUT2D eigenvalue weighted by atomic mass is 35.5. The number of rotatable bonds is 3. The summed E-state index contributed by atoms with van der Waals surface area (Å²) in [7, 11) is 0. The minimum absolute atomic E-state index is 0.211. The first-order chi connectivity index (χ1) is 8.51. The van der Waals surface area contributed by atoms with E-state index in [9.17, 15) is 4.79 Å². The summed E-state index contributed by atoms with van der Waals surface area (Å²) in [6.45, 7) is 4.00. The molecule has 0 saturated heterocycles. The van der Waals surface area contributed by atoms with Gasteiger partial charge >= 0.3 is 5.91 Å². The van der Waals surface area contributed by atoms with Crippen LogP contribution in [0.15, 0.2) is 16.7 Å². The van der Waals surface area contributed by atoms with Gasteiger partial charge in [-0.25, -0.2) is 5.84 Å². The molecule has 6 nitrogen and oxygen atoms in total. The largest absolute Gasteiger partial charge is 0.454 e. The predicted octanol–water partition coefficient (Wildman–Crippen LogP) is 1.40. The van der Waals surface area contributed by atoms with E-state index in [1.54, 1.807) is 23.9 Å². The van der Waals surface area contributed by atoms with Crippen molar-refractivity contribution in [3.8, 4) is 0 Å². The third-order valence-electron chi connectivity index (χ3n) is 2.51. The molecule has 2 rings (SSSR count). The first-order valence-corrected chi connectivity index (χ1v) is 5.69. The number of furan rings is 1. The van der Waals surface area contributed by atoms with Crippen molar-refractivity contribution in [2.45, 2.75) is 20.4 Å². The average molecular weight is 269 g/mol. The minimum Gasteiger partial charge on any atom is -0.454 e. The van der Waals surface area contributed by atoms with Gasteiger partial charge in [0.25, 0.3) is 0 Å². The third-order valence-corrected chi connectivity index (χ3v) is 2.88. The number of carbonyl (C=O) groups is 1. The number of aryl methyl sites for hydroxylation is 2. The van der Waals surface area contributed by atoms with E-state index in [2.05, 4.69) is 5.10 Å². The molecule has 3 N–H and O–H groups in total. The second-order valence-electron chi connectivity index (χ2n) is 3.96. The summed E-state index contributed by atoms with van der Waals surface area (Å²) < 4.78 is 7.08. The summed E-state index contributed by atoms with van der Waals surface area (Å²) >= 11 is 5.91. The predicted molar refractivity (Wildman–Crippen MR) is 66.2 cm³/mol. The fourth-order valence-corrected chi connectivity index (χ4v) is 1.80. The molecule has 7 heteroatoms. The van der Waals surface area contributed by atoms with Crippen molar-refractivity contribution < 1.29 is 9.21 Å². The Kier molecular flexibility index (Phi) is 3.40. The van der Waals surface area contributed by atoms with Crippen LogP contribution in [0.25, 0.3) is 0 Å². The molecule has 0 aromatic carbocycles.